The van der Waals surface area contributed by atoms with E-state index < -0.39 is 0 Å². The van der Waals surface area contributed by atoms with Crippen LogP contribution in [-0.2, 0) is 5.41 Å². The molecule has 1 aliphatic heterocycles. The summed E-state index contributed by atoms with van der Waals surface area (Å²) in [6, 6.07) is 12.4. The number of anilines is 1. The number of nitrogens with zero attached hydrogens (tertiary/aromatic N) is 4. The monoisotopic (exact) mass is 367 g/mol. The van der Waals surface area contributed by atoms with Gasteiger partial charge in [-0.2, -0.15) is 5.10 Å². The fraction of sp³-hybridized carbons (Fsp3) is 0.400. The van der Waals surface area contributed by atoms with Crippen molar-refractivity contribution in [2.45, 2.75) is 24.7 Å². The molecule has 1 N–H and O–H groups in total. The topological polar surface area (TPSA) is 45.5 Å². The molecule has 0 bridgehead atoms. The van der Waals surface area contributed by atoms with Crippen molar-refractivity contribution in [1.29, 1.82) is 0 Å². The van der Waals surface area contributed by atoms with Gasteiger partial charge in [0.15, 0.2) is 5.65 Å². The van der Waals surface area contributed by atoms with Gasteiger partial charge in [-0.25, -0.2) is 9.50 Å². The number of hydrogen-bond donors (Lipinski definition) is 1. The van der Waals surface area contributed by atoms with Crippen molar-refractivity contribution in [3.8, 4) is 0 Å². The van der Waals surface area contributed by atoms with Gasteiger partial charge in [-0.15, -0.1) is 0 Å². The predicted molar refractivity (Wildman–Crippen MR) is 104 cm³/mol. The Morgan fingerprint density at radius 3 is 2.62 bits per heavy atom. The molecule has 0 atom stereocenters. The Bertz CT molecular complexity index is 940. The lowest BCUT2D eigenvalue weighted by Crippen LogP contribution is -2.43. The van der Waals surface area contributed by atoms with Crippen LogP contribution in [0.4, 0.5) is 5.82 Å². The van der Waals surface area contributed by atoms with Crippen LogP contribution in [0.2, 0.25) is 5.02 Å². The Kier molecular flexibility index (Phi) is 3.87. The van der Waals surface area contributed by atoms with Gasteiger partial charge in [-0.1, -0.05) is 36.2 Å². The number of nitrogens with one attached hydrogen (secondary N) is 1. The molecule has 2 aliphatic rings. The van der Waals surface area contributed by atoms with Gasteiger partial charge in [-0.05, 0) is 30.5 Å². The highest BCUT2D eigenvalue weighted by atomic mass is 35.5. The van der Waals surface area contributed by atoms with E-state index in [0.29, 0.717) is 0 Å². The van der Waals surface area contributed by atoms with E-state index in [9.17, 15) is 0 Å². The number of fused-ring (bicyclic) bond motifs is 1. The van der Waals surface area contributed by atoms with Gasteiger partial charge in [0.2, 0.25) is 0 Å². The number of aromatic nitrogens is 3. The van der Waals surface area contributed by atoms with E-state index in [2.05, 4.69) is 34.5 Å². The first-order valence-electron chi connectivity index (χ1n) is 9.34. The van der Waals surface area contributed by atoms with Gasteiger partial charge >= 0.3 is 0 Å². The van der Waals surface area contributed by atoms with Crippen LogP contribution >= 0.6 is 11.6 Å². The standard InChI is InChI=1S/C20H22ClN5/c21-16-5-2-1-4-15(16)20(7-3-8-20)17-14-19-23-18(6-11-26(19)24-17)25-12-9-22-10-13-25/h1-2,4-6,11,14,22H,3,7-10,12-13H2. The summed E-state index contributed by atoms with van der Waals surface area (Å²) in [5.74, 6) is 1.03. The Morgan fingerprint density at radius 2 is 1.88 bits per heavy atom. The van der Waals surface area contributed by atoms with Crippen molar-refractivity contribution in [2.24, 2.45) is 0 Å². The summed E-state index contributed by atoms with van der Waals surface area (Å²) in [6.07, 6.45) is 5.41. The molecular formula is C20H22ClN5. The summed E-state index contributed by atoms with van der Waals surface area (Å²) in [7, 11) is 0. The SMILES string of the molecule is Clc1ccccc1C1(c2cc3nc(N4CCNCC4)ccn3n2)CCC1. The maximum Gasteiger partial charge on any atom is 0.157 e. The van der Waals surface area contributed by atoms with Crippen LogP contribution in [0.25, 0.3) is 5.65 Å². The van der Waals surface area contributed by atoms with Crippen molar-refractivity contribution in [2.75, 3.05) is 31.1 Å². The summed E-state index contributed by atoms with van der Waals surface area (Å²) in [6.45, 7) is 4.00. The minimum absolute atomic E-state index is 0.0682. The molecule has 2 aromatic heterocycles. The minimum Gasteiger partial charge on any atom is -0.354 e. The minimum atomic E-state index is -0.0682. The van der Waals surface area contributed by atoms with Gasteiger partial charge in [0.05, 0.1) is 5.69 Å². The molecule has 6 heteroatoms. The molecule has 3 heterocycles. The first kappa shape index (κ1) is 16.1. The molecule has 0 unspecified atom stereocenters. The van der Waals surface area contributed by atoms with Crippen LogP contribution in [0, 0.1) is 0 Å². The normalized spacial score (nSPS) is 19.5. The highest BCUT2D eigenvalue weighted by Crippen LogP contribution is 2.50. The van der Waals surface area contributed by atoms with Gasteiger partial charge in [0.25, 0.3) is 0 Å². The average molecular weight is 368 g/mol. The third kappa shape index (κ3) is 2.49. The zero-order valence-electron chi connectivity index (χ0n) is 14.7. The first-order valence-corrected chi connectivity index (χ1v) is 9.72. The third-order valence-electron chi connectivity index (χ3n) is 5.84. The van der Waals surface area contributed by atoms with Crippen LogP contribution in [0.5, 0.6) is 0 Å². The molecule has 0 amide bonds. The van der Waals surface area contributed by atoms with Crippen LogP contribution in [0.1, 0.15) is 30.5 Å². The summed E-state index contributed by atoms with van der Waals surface area (Å²) in [5.41, 5.74) is 3.12. The largest absolute Gasteiger partial charge is 0.354 e. The summed E-state index contributed by atoms with van der Waals surface area (Å²) >= 11 is 6.53. The Labute approximate surface area is 158 Å². The van der Waals surface area contributed by atoms with Gasteiger partial charge in [0, 0.05) is 48.9 Å². The second-order valence-corrected chi connectivity index (χ2v) is 7.68. The first-order chi connectivity index (χ1) is 12.8. The number of benzene rings is 1. The lowest BCUT2D eigenvalue weighted by molar-refractivity contribution is 0.293. The van der Waals surface area contributed by atoms with E-state index in [1.807, 2.05) is 22.8 Å². The summed E-state index contributed by atoms with van der Waals surface area (Å²) in [4.78, 5) is 7.20. The zero-order valence-corrected chi connectivity index (χ0v) is 15.4. The van der Waals surface area contributed by atoms with Crippen molar-refractivity contribution < 1.29 is 0 Å². The van der Waals surface area contributed by atoms with E-state index in [1.54, 1.807) is 0 Å². The smallest absolute Gasteiger partial charge is 0.157 e. The number of rotatable bonds is 3. The predicted octanol–water partition coefficient (Wildman–Crippen LogP) is 3.26. The molecule has 134 valence electrons. The average Bonchev–Trinajstić information content (AvgIpc) is 3.06. The van der Waals surface area contributed by atoms with E-state index in [0.717, 1.165) is 61.2 Å². The van der Waals surface area contributed by atoms with Crippen molar-refractivity contribution in [1.82, 2.24) is 19.9 Å². The van der Waals surface area contributed by atoms with Gasteiger partial charge in [0.1, 0.15) is 5.82 Å². The molecule has 2 fully saturated rings. The molecule has 0 spiro atoms. The van der Waals surface area contributed by atoms with E-state index in [1.165, 1.54) is 12.0 Å². The molecular weight excluding hydrogens is 346 g/mol. The second-order valence-electron chi connectivity index (χ2n) is 7.27. The summed E-state index contributed by atoms with van der Waals surface area (Å²) in [5, 5.41) is 9.09. The molecule has 3 aromatic rings. The van der Waals surface area contributed by atoms with Crippen molar-refractivity contribution in [3.63, 3.8) is 0 Å². The third-order valence-corrected chi connectivity index (χ3v) is 6.17. The van der Waals surface area contributed by atoms with Crippen LogP contribution in [-0.4, -0.2) is 40.8 Å². The van der Waals surface area contributed by atoms with Crippen molar-refractivity contribution in [3.05, 3.63) is 58.9 Å². The maximum atomic E-state index is 6.53. The second kappa shape index (κ2) is 6.25. The molecule has 1 saturated heterocycles. The van der Waals surface area contributed by atoms with Crippen LogP contribution < -0.4 is 10.2 Å². The molecule has 5 nitrogen and oxygen atoms in total. The maximum absolute atomic E-state index is 6.53. The molecule has 5 rings (SSSR count). The molecule has 0 radical (unpaired) electrons. The summed E-state index contributed by atoms with van der Waals surface area (Å²) < 4.78 is 1.90. The van der Waals surface area contributed by atoms with E-state index >= 15 is 0 Å². The van der Waals surface area contributed by atoms with Gasteiger partial charge in [-0.3, -0.25) is 0 Å². The number of hydrogen-bond acceptors (Lipinski definition) is 4. The Hall–Kier alpha value is -2.11. The molecule has 1 aromatic carbocycles. The number of halogens is 1. The van der Waals surface area contributed by atoms with E-state index in [4.69, 9.17) is 21.7 Å². The molecule has 1 saturated carbocycles. The lowest BCUT2D eigenvalue weighted by atomic mass is 9.62. The van der Waals surface area contributed by atoms with Crippen LogP contribution in [0.3, 0.4) is 0 Å². The quantitative estimate of drug-likeness (QED) is 0.771. The van der Waals surface area contributed by atoms with Crippen LogP contribution in [0.15, 0.2) is 42.6 Å². The fourth-order valence-electron chi connectivity index (χ4n) is 4.22. The highest BCUT2D eigenvalue weighted by Gasteiger charge is 2.43. The zero-order chi connectivity index (χ0) is 17.6. The fourth-order valence-corrected chi connectivity index (χ4v) is 4.53. The molecule has 26 heavy (non-hydrogen) atoms. The lowest BCUT2D eigenvalue weighted by Gasteiger charge is -2.41. The Balaban J connectivity index is 1.55. The van der Waals surface area contributed by atoms with Crippen molar-refractivity contribution >= 4 is 23.1 Å². The van der Waals surface area contributed by atoms with E-state index in [-0.39, 0.29) is 5.41 Å². The Morgan fingerprint density at radius 1 is 1.08 bits per heavy atom. The van der Waals surface area contributed by atoms with Gasteiger partial charge < -0.3 is 10.2 Å². The highest BCUT2D eigenvalue weighted by molar-refractivity contribution is 6.31. The number of piperazine rings is 1. The molecule has 1 aliphatic carbocycles.